The molecule has 0 radical (unpaired) electrons. The summed E-state index contributed by atoms with van der Waals surface area (Å²) in [5, 5.41) is 6.35. The van der Waals surface area contributed by atoms with Crippen LogP contribution in [0.2, 0.25) is 0 Å². The highest BCUT2D eigenvalue weighted by Gasteiger charge is 2.40. The number of hydrogen-bond acceptors (Lipinski definition) is 3. The minimum atomic E-state index is -4.78. The first-order chi connectivity index (χ1) is 14.3. The number of hydrogen-bond donors (Lipinski definition) is 1. The van der Waals surface area contributed by atoms with Crippen LogP contribution >= 0.6 is 0 Å². The summed E-state index contributed by atoms with van der Waals surface area (Å²) < 4.78 is 44.0. The molecule has 4 rings (SSSR count). The molecule has 30 heavy (non-hydrogen) atoms. The number of carbonyl (C=O) groups is 1. The number of nitrogens with zero attached hydrogens (tertiary/aromatic N) is 4. The lowest BCUT2D eigenvalue weighted by Gasteiger charge is -2.13. The number of aromatic nitrogens is 4. The number of anilines is 1. The van der Waals surface area contributed by atoms with Crippen LogP contribution in [0.25, 0.3) is 16.7 Å². The van der Waals surface area contributed by atoms with E-state index in [9.17, 15) is 18.0 Å². The van der Waals surface area contributed by atoms with E-state index in [0.29, 0.717) is 12.1 Å². The molecule has 154 valence electrons. The van der Waals surface area contributed by atoms with Crippen molar-refractivity contribution in [2.24, 2.45) is 0 Å². The van der Waals surface area contributed by atoms with Gasteiger partial charge in [0.2, 0.25) is 5.95 Å². The van der Waals surface area contributed by atoms with Crippen molar-refractivity contribution in [3.05, 3.63) is 71.5 Å². The summed E-state index contributed by atoms with van der Waals surface area (Å²) >= 11 is 0. The molecule has 0 aliphatic carbocycles. The molecule has 0 fully saturated rings. The quantitative estimate of drug-likeness (QED) is 0.522. The number of halogens is 3. The van der Waals surface area contributed by atoms with Gasteiger partial charge in [0.1, 0.15) is 0 Å². The molecule has 0 saturated heterocycles. The normalized spacial score (nSPS) is 11.8. The fourth-order valence-corrected chi connectivity index (χ4v) is 3.33. The van der Waals surface area contributed by atoms with Crippen LogP contribution in [0.5, 0.6) is 0 Å². The fourth-order valence-electron chi connectivity index (χ4n) is 3.33. The van der Waals surface area contributed by atoms with Gasteiger partial charge in [-0.1, -0.05) is 29.8 Å². The maximum Gasteiger partial charge on any atom is 0.434 e. The number of para-hydroxylation sites is 2. The zero-order valence-electron chi connectivity index (χ0n) is 16.2. The summed E-state index contributed by atoms with van der Waals surface area (Å²) in [5.74, 6) is -0.745. The highest BCUT2D eigenvalue weighted by molar-refractivity contribution is 6.05. The number of alkyl halides is 3. The summed E-state index contributed by atoms with van der Waals surface area (Å²) in [6.45, 7) is 4.18. The average molecular weight is 413 g/mol. The fraction of sp³-hybridized carbons (Fsp3) is 0.190. The summed E-state index contributed by atoms with van der Waals surface area (Å²) in [7, 11) is 0. The monoisotopic (exact) mass is 413 g/mol. The van der Waals surface area contributed by atoms with Crippen molar-refractivity contribution in [3.63, 3.8) is 0 Å². The Kier molecular flexibility index (Phi) is 4.81. The standard InChI is InChI=1S/C21H18F3N5O/c1-3-28-17-7-5-4-6-16(17)26-20(28)27-19(30)15-12-25-29(18(15)21(22,23)24)14-10-8-13(2)9-11-14/h4-12H,3H2,1-2H3,(H,26,27,30). The van der Waals surface area contributed by atoms with E-state index in [4.69, 9.17) is 0 Å². The highest BCUT2D eigenvalue weighted by atomic mass is 19.4. The number of carbonyl (C=O) groups excluding carboxylic acids is 1. The second-order valence-electron chi connectivity index (χ2n) is 6.77. The van der Waals surface area contributed by atoms with Crippen LogP contribution in [0.1, 0.15) is 28.5 Å². The van der Waals surface area contributed by atoms with E-state index in [1.165, 1.54) is 12.1 Å². The van der Waals surface area contributed by atoms with Crippen molar-refractivity contribution in [2.45, 2.75) is 26.6 Å². The number of amides is 1. The molecule has 0 aliphatic heterocycles. The predicted molar refractivity (Wildman–Crippen MR) is 107 cm³/mol. The third-order valence-electron chi connectivity index (χ3n) is 4.76. The van der Waals surface area contributed by atoms with Gasteiger partial charge in [0.25, 0.3) is 5.91 Å². The molecule has 0 bridgehead atoms. The van der Waals surface area contributed by atoms with Gasteiger partial charge in [-0.15, -0.1) is 0 Å². The molecule has 2 heterocycles. The van der Waals surface area contributed by atoms with Gasteiger partial charge < -0.3 is 4.57 Å². The number of imidazole rings is 1. The molecule has 2 aromatic carbocycles. The van der Waals surface area contributed by atoms with Crippen LogP contribution in [-0.2, 0) is 12.7 Å². The van der Waals surface area contributed by atoms with E-state index < -0.39 is 23.3 Å². The largest absolute Gasteiger partial charge is 0.434 e. The number of nitrogens with one attached hydrogen (secondary N) is 1. The first-order valence-electron chi connectivity index (χ1n) is 9.28. The molecule has 6 nitrogen and oxygen atoms in total. The molecule has 0 spiro atoms. The second kappa shape index (κ2) is 7.33. The predicted octanol–water partition coefficient (Wildman–Crippen LogP) is 4.82. The molecule has 0 aliphatic rings. The minimum Gasteiger partial charge on any atom is -0.310 e. The lowest BCUT2D eigenvalue weighted by molar-refractivity contribution is -0.143. The van der Waals surface area contributed by atoms with Crippen molar-refractivity contribution in [3.8, 4) is 5.69 Å². The van der Waals surface area contributed by atoms with E-state index in [2.05, 4.69) is 15.4 Å². The SMILES string of the molecule is CCn1c(NC(=O)c2cnn(-c3ccc(C)cc3)c2C(F)(F)F)nc2ccccc21. The van der Waals surface area contributed by atoms with Gasteiger partial charge in [-0.3, -0.25) is 10.1 Å². The van der Waals surface area contributed by atoms with Gasteiger partial charge in [-0.05, 0) is 38.1 Å². The van der Waals surface area contributed by atoms with Gasteiger partial charge in [0.15, 0.2) is 5.69 Å². The first-order valence-corrected chi connectivity index (χ1v) is 9.28. The molecule has 4 aromatic rings. The molecule has 0 saturated carbocycles. The van der Waals surface area contributed by atoms with E-state index >= 15 is 0 Å². The van der Waals surface area contributed by atoms with Crippen LogP contribution in [0, 0.1) is 6.92 Å². The molecule has 2 aromatic heterocycles. The summed E-state index contributed by atoms with van der Waals surface area (Å²) in [6, 6.07) is 13.6. The average Bonchev–Trinajstić information content (AvgIpc) is 3.29. The maximum atomic E-state index is 13.9. The Bertz CT molecular complexity index is 1220. The lowest BCUT2D eigenvalue weighted by atomic mass is 10.2. The molecule has 1 N–H and O–H groups in total. The van der Waals surface area contributed by atoms with Crippen molar-refractivity contribution in [1.82, 2.24) is 19.3 Å². The third kappa shape index (κ3) is 3.42. The Morgan fingerprint density at radius 3 is 2.47 bits per heavy atom. The van der Waals surface area contributed by atoms with E-state index in [-0.39, 0.29) is 11.6 Å². The Labute approximate surface area is 170 Å². The summed E-state index contributed by atoms with van der Waals surface area (Å²) in [4.78, 5) is 17.1. The Hall–Kier alpha value is -3.62. The third-order valence-corrected chi connectivity index (χ3v) is 4.76. The Morgan fingerprint density at radius 2 is 1.80 bits per heavy atom. The lowest BCUT2D eigenvalue weighted by Crippen LogP contribution is -2.22. The van der Waals surface area contributed by atoms with E-state index in [0.717, 1.165) is 22.0 Å². The summed E-state index contributed by atoms with van der Waals surface area (Å²) in [6.07, 6.45) is -3.85. The minimum absolute atomic E-state index is 0.180. The van der Waals surface area contributed by atoms with Gasteiger partial charge in [-0.25, -0.2) is 9.67 Å². The van der Waals surface area contributed by atoms with Crippen molar-refractivity contribution in [1.29, 1.82) is 0 Å². The number of aryl methyl sites for hydroxylation is 2. The van der Waals surface area contributed by atoms with Crippen LogP contribution in [0.3, 0.4) is 0 Å². The van der Waals surface area contributed by atoms with Crippen molar-refractivity contribution < 1.29 is 18.0 Å². The smallest absolute Gasteiger partial charge is 0.310 e. The number of fused-ring (bicyclic) bond motifs is 1. The molecule has 0 unspecified atom stereocenters. The molecule has 0 atom stereocenters. The molecular weight excluding hydrogens is 395 g/mol. The highest BCUT2D eigenvalue weighted by Crippen LogP contribution is 2.34. The van der Waals surface area contributed by atoms with Crippen molar-refractivity contribution >= 4 is 22.9 Å². The van der Waals surface area contributed by atoms with E-state index in [1.54, 1.807) is 28.8 Å². The van der Waals surface area contributed by atoms with Crippen molar-refractivity contribution in [2.75, 3.05) is 5.32 Å². The topological polar surface area (TPSA) is 64.7 Å². The van der Waals surface area contributed by atoms with Gasteiger partial charge in [0.05, 0.1) is 28.5 Å². The maximum absolute atomic E-state index is 13.9. The molecular formula is C21H18F3N5O. The van der Waals surface area contributed by atoms with Gasteiger partial charge in [-0.2, -0.15) is 18.3 Å². The van der Waals surface area contributed by atoms with Crippen LogP contribution in [0.15, 0.2) is 54.7 Å². The molecule has 9 heteroatoms. The van der Waals surface area contributed by atoms with E-state index in [1.807, 2.05) is 26.0 Å². The first kappa shape index (κ1) is 19.7. The second-order valence-corrected chi connectivity index (χ2v) is 6.77. The van der Waals surface area contributed by atoms with Crippen LogP contribution in [-0.4, -0.2) is 25.2 Å². The Balaban J connectivity index is 1.76. The van der Waals surface area contributed by atoms with Gasteiger partial charge in [0, 0.05) is 6.54 Å². The van der Waals surface area contributed by atoms with Crippen LogP contribution < -0.4 is 5.32 Å². The van der Waals surface area contributed by atoms with Crippen LogP contribution in [0.4, 0.5) is 19.1 Å². The zero-order chi connectivity index (χ0) is 21.5. The summed E-state index contributed by atoms with van der Waals surface area (Å²) in [5.41, 5.74) is 0.826. The number of benzene rings is 2. The zero-order valence-corrected chi connectivity index (χ0v) is 16.2. The number of rotatable bonds is 4. The molecule has 1 amide bonds. The van der Waals surface area contributed by atoms with Gasteiger partial charge >= 0.3 is 6.18 Å². The Morgan fingerprint density at radius 1 is 1.10 bits per heavy atom.